The van der Waals surface area contributed by atoms with Gasteiger partial charge in [0.15, 0.2) is 12.3 Å². The Bertz CT molecular complexity index is 921. The van der Waals surface area contributed by atoms with Crippen LogP contribution in [0.4, 0.5) is 0 Å². The monoisotopic (exact) mass is 372 g/mol. The minimum Gasteiger partial charge on any atom is -0.496 e. The lowest BCUT2D eigenvalue weighted by molar-refractivity contribution is -0.146. The largest absolute Gasteiger partial charge is 0.496 e. The summed E-state index contributed by atoms with van der Waals surface area (Å²) in [5, 5.41) is 15.7. The molecule has 0 unspecified atom stereocenters. The topological polar surface area (TPSA) is 96.2 Å². The van der Waals surface area contributed by atoms with Crippen LogP contribution in [0.2, 0.25) is 0 Å². The summed E-state index contributed by atoms with van der Waals surface area (Å²) in [6.07, 6.45) is 0. The van der Waals surface area contributed by atoms with E-state index in [9.17, 15) is 9.59 Å². The maximum atomic E-state index is 12.0. The molecular weight excluding hydrogens is 356 g/mol. The third-order valence-corrected chi connectivity index (χ3v) is 4.26. The molecule has 0 amide bonds. The van der Waals surface area contributed by atoms with E-state index in [0.29, 0.717) is 22.7 Å². The van der Waals surface area contributed by atoms with Crippen molar-refractivity contribution in [3.8, 4) is 17.1 Å². The van der Waals surface area contributed by atoms with Gasteiger partial charge in [0.2, 0.25) is 5.82 Å². The van der Waals surface area contributed by atoms with Crippen LogP contribution in [0, 0.1) is 0 Å². The van der Waals surface area contributed by atoms with Crippen molar-refractivity contribution >= 4 is 23.1 Å². The Kier molecular flexibility index (Phi) is 5.37. The molecule has 0 fully saturated rings. The highest BCUT2D eigenvalue weighted by atomic mass is 32.1. The van der Waals surface area contributed by atoms with E-state index in [1.54, 1.807) is 18.2 Å². The second kappa shape index (κ2) is 7.87. The summed E-state index contributed by atoms with van der Waals surface area (Å²) in [7, 11) is 1.51. The second-order valence-corrected chi connectivity index (χ2v) is 6.18. The van der Waals surface area contributed by atoms with Gasteiger partial charge in [-0.05, 0) is 41.8 Å². The number of aromatic nitrogens is 4. The minimum atomic E-state index is -0.519. The first-order valence-electron chi connectivity index (χ1n) is 7.70. The number of carbonyl (C=O) groups excluding carboxylic acids is 2. The molecule has 2 aromatic heterocycles. The van der Waals surface area contributed by atoms with Crippen molar-refractivity contribution in [1.29, 1.82) is 0 Å². The first-order valence-corrected chi connectivity index (χ1v) is 8.65. The number of hydrogen-bond acceptors (Lipinski definition) is 8. The van der Waals surface area contributed by atoms with Gasteiger partial charge in [-0.1, -0.05) is 0 Å². The first kappa shape index (κ1) is 17.7. The van der Waals surface area contributed by atoms with Gasteiger partial charge in [-0.2, -0.15) is 16.1 Å². The maximum Gasteiger partial charge on any atom is 0.330 e. The van der Waals surface area contributed by atoms with E-state index in [0.717, 1.165) is 5.56 Å². The molecule has 1 aromatic carbocycles. The lowest BCUT2D eigenvalue weighted by Gasteiger charge is -2.10. The molecule has 134 valence electrons. The van der Waals surface area contributed by atoms with E-state index in [-0.39, 0.29) is 18.9 Å². The fraction of sp³-hybridized carbons (Fsp3) is 0.235. The van der Waals surface area contributed by atoms with Crippen LogP contribution in [-0.2, 0) is 22.7 Å². The molecule has 0 saturated heterocycles. The van der Waals surface area contributed by atoms with Crippen molar-refractivity contribution in [2.75, 3.05) is 7.11 Å². The predicted molar refractivity (Wildman–Crippen MR) is 93.9 cm³/mol. The van der Waals surface area contributed by atoms with E-state index < -0.39 is 5.97 Å². The van der Waals surface area contributed by atoms with E-state index in [4.69, 9.17) is 9.47 Å². The Labute approximate surface area is 153 Å². The van der Waals surface area contributed by atoms with E-state index >= 15 is 0 Å². The summed E-state index contributed by atoms with van der Waals surface area (Å²) in [6, 6.07) is 6.86. The summed E-state index contributed by atoms with van der Waals surface area (Å²) in [4.78, 5) is 24.7. The highest BCUT2D eigenvalue weighted by Crippen LogP contribution is 2.21. The van der Waals surface area contributed by atoms with Crippen molar-refractivity contribution in [2.45, 2.75) is 20.1 Å². The van der Waals surface area contributed by atoms with Crippen molar-refractivity contribution in [3.05, 3.63) is 46.2 Å². The number of Topliss-reactive ketones (excluding diaryl/α,β-unsaturated/α-hetero) is 1. The lowest BCUT2D eigenvalue weighted by Crippen LogP contribution is -2.16. The molecule has 0 atom stereocenters. The van der Waals surface area contributed by atoms with Gasteiger partial charge < -0.3 is 9.47 Å². The summed E-state index contributed by atoms with van der Waals surface area (Å²) in [5.41, 5.74) is 1.98. The van der Waals surface area contributed by atoms with E-state index in [2.05, 4.69) is 15.4 Å². The van der Waals surface area contributed by atoms with Gasteiger partial charge in [0, 0.05) is 22.1 Å². The molecule has 3 rings (SSSR count). The van der Waals surface area contributed by atoms with Crippen LogP contribution in [0.5, 0.6) is 5.75 Å². The van der Waals surface area contributed by atoms with Crippen molar-refractivity contribution in [3.63, 3.8) is 0 Å². The Morgan fingerprint density at radius 3 is 2.81 bits per heavy atom. The molecule has 3 aromatic rings. The van der Waals surface area contributed by atoms with Crippen LogP contribution in [-0.4, -0.2) is 39.1 Å². The molecule has 0 aliphatic heterocycles. The molecule has 8 nitrogen and oxygen atoms in total. The van der Waals surface area contributed by atoms with Crippen LogP contribution in [0.25, 0.3) is 11.4 Å². The Morgan fingerprint density at radius 2 is 2.12 bits per heavy atom. The zero-order chi connectivity index (χ0) is 18.5. The lowest BCUT2D eigenvalue weighted by atomic mass is 10.1. The van der Waals surface area contributed by atoms with Crippen LogP contribution < -0.4 is 4.74 Å². The number of benzene rings is 1. The SMILES string of the molecule is COc1ccc(C(C)=O)cc1COC(=O)Cn1nnc(-c2ccsc2)n1. The van der Waals surface area contributed by atoms with Crippen LogP contribution in [0.1, 0.15) is 22.8 Å². The van der Waals surface area contributed by atoms with Gasteiger partial charge in [0.25, 0.3) is 0 Å². The standard InChI is InChI=1S/C17H16N4O4S/c1-11(22)12-3-4-15(24-2)14(7-12)9-25-16(23)8-21-19-17(18-20-21)13-5-6-26-10-13/h3-7,10H,8-9H2,1-2H3. The number of tetrazole rings is 1. The quantitative estimate of drug-likeness (QED) is 0.464. The van der Waals surface area contributed by atoms with Gasteiger partial charge in [-0.3, -0.25) is 4.79 Å². The van der Waals surface area contributed by atoms with Crippen molar-refractivity contribution in [1.82, 2.24) is 20.2 Å². The van der Waals surface area contributed by atoms with Crippen LogP contribution >= 0.6 is 11.3 Å². The molecule has 0 N–H and O–H groups in total. The molecule has 26 heavy (non-hydrogen) atoms. The summed E-state index contributed by atoms with van der Waals surface area (Å²) >= 11 is 1.53. The van der Waals surface area contributed by atoms with Crippen molar-refractivity contribution < 1.29 is 19.1 Å². The average molecular weight is 372 g/mol. The average Bonchev–Trinajstić information content (AvgIpc) is 3.31. The van der Waals surface area contributed by atoms with E-state index in [1.807, 2.05) is 16.8 Å². The summed E-state index contributed by atoms with van der Waals surface area (Å²) in [6.45, 7) is 1.29. The Hall–Kier alpha value is -3.07. The van der Waals surface area contributed by atoms with Gasteiger partial charge in [-0.15, -0.1) is 10.2 Å². The maximum absolute atomic E-state index is 12.0. The van der Waals surface area contributed by atoms with Crippen LogP contribution in [0.3, 0.4) is 0 Å². The first-order chi connectivity index (χ1) is 12.6. The van der Waals surface area contributed by atoms with Gasteiger partial charge in [-0.25, -0.2) is 4.79 Å². The molecule has 0 saturated carbocycles. The molecule has 2 heterocycles. The normalized spacial score (nSPS) is 10.5. The number of carbonyl (C=O) groups is 2. The number of methoxy groups -OCH3 is 1. The zero-order valence-electron chi connectivity index (χ0n) is 14.2. The van der Waals surface area contributed by atoms with Crippen LogP contribution in [0.15, 0.2) is 35.0 Å². The Balaban J connectivity index is 1.62. The zero-order valence-corrected chi connectivity index (χ0v) is 15.0. The molecular formula is C17H16N4O4S. The number of thiophene rings is 1. The number of nitrogens with zero attached hydrogens (tertiary/aromatic N) is 4. The number of esters is 1. The van der Waals surface area contributed by atoms with Gasteiger partial charge in [0.05, 0.1) is 7.11 Å². The van der Waals surface area contributed by atoms with Gasteiger partial charge >= 0.3 is 5.97 Å². The smallest absolute Gasteiger partial charge is 0.330 e. The van der Waals surface area contributed by atoms with E-state index in [1.165, 1.54) is 30.2 Å². The molecule has 0 bridgehead atoms. The number of hydrogen-bond donors (Lipinski definition) is 0. The fourth-order valence-electron chi connectivity index (χ4n) is 2.25. The predicted octanol–water partition coefficient (Wildman–Crippen LogP) is 2.36. The Morgan fingerprint density at radius 1 is 1.27 bits per heavy atom. The molecule has 0 aliphatic carbocycles. The highest BCUT2D eigenvalue weighted by molar-refractivity contribution is 7.08. The molecule has 0 spiro atoms. The molecule has 9 heteroatoms. The third-order valence-electron chi connectivity index (χ3n) is 3.58. The highest BCUT2D eigenvalue weighted by Gasteiger charge is 2.13. The fourth-order valence-corrected chi connectivity index (χ4v) is 2.88. The number of rotatable bonds is 7. The minimum absolute atomic E-state index is 0.0186. The summed E-state index contributed by atoms with van der Waals surface area (Å²) < 4.78 is 10.5. The molecule has 0 aliphatic rings. The number of ether oxygens (including phenoxy) is 2. The molecule has 0 radical (unpaired) electrons. The van der Waals surface area contributed by atoms with Gasteiger partial charge in [0.1, 0.15) is 12.4 Å². The third kappa shape index (κ3) is 4.12. The second-order valence-electron chi connectivity index (χ2n) is 5.40. The van der Waals surface area contributed by atoms with Crippen molar-refractivity contribution in [2.24, 2.45) is 0 Å². The summed E-state index contributed by atoms with van der Waals surface area (Å²) in [5.74, 6) is 0.402. The number of ketones is 1.